The quantitative estimate of drug-likeness (QED) is 0.301. The Bertz CT molecular complexity index is 1400. The third-order valence-electron chi connectivity index (χ3n) is 4.93. The summed E-state index contributed by atoms with van der Waals surface area (Å²) in [5.74, 6) is 0.622. The number of nitrogens with zero attached hydrogens (tertiary/aromatic N) is 3. The van der Waals surface area contributed by atoms with E-state index >= 15 is 0 Å². The van der Waals surface area contributed by atoms with Crippen LogP contribution in [0.1, 0.15) is 17.1 Å². The topological polar surface area (TPSA) is 135 Å². The van der Waals surface area contributed by atoms with E-state index in [9.17, 15) is 18.8 Å². The average molecular weight is 497 g/mol. The van der Waals surface area contributed by atoms with Gasteiger partial charge < -0.3 is 15.0 Å². The number of amides is 1. The predicted octanol–water partition coefficient (Wildman–Crippen LogP) is 1.79. The van der Waals surface area contributed by atoms with Crippen LogP contribution in [0.4, 0.5) is 4.39 Å². The van der Waals surface area contributed by atoms with Gasteiger partial charge in [-0.15, -0.1) is 10.2 Å². The van der Waals surface area contributed by atoms with Gasteiger partial charge in [-0.2, -0.15) is 0 Å². The number of benzene rings is 2. The Morgan fingerprint density at radius 2 is 1.83 bits per heavy atom. The van der Waals surface area contributed by atoms with Crippen LogP contribution in [-0.4, -0.2) is 43.5 Å². The summed E-state index contributed by atoms with van der Waals surface area (Å²) in [4.78, 5) is 40.5. The van der Waals surface area contributed by atoms with Gasteiger partial charge in [0.15, 0.2) is 5.16 Å². The van der Waals surface area contributed by atoms with Crippen molar-refractivity contribution in [3.05, 3.63) is 98.3 Å². The molecular formula is C23H21FN6O4S. The molecule has 4 aromatic rings. The van der Waals surface area contributed by atoms with Crippen LogP contribution in [0.2, 0.25) is 0 Å². The fourth-order valence-corrected chi connectivity index (χ4v) is 4.07. The SMILES string of the molecule is COc1ccc(-n2c(Cc3cc(=O)[nH]c(=O)[nH]3)nnc2SCC(=O)NCc2ccc(F)cc2)cc1. The van der Waals surface area contributed by atoms with Gasteiger partial charge in [-0.05, 0) is 42.0 Å². The van der Waals surface area contributed by atoms with Crippen LogP contribution in [0.25, 0.3) is 5.69 Å². The fourth-order valence-electron chi connectivity index (χ4n) is 3.27. The highest BCUT2D eigenvalue weighted by Crippen LogP contribution is 2.24. The molecule has 35 heavy (non-hydrogen) atoms. The Labute approximate surface area is 202 Å². The lowest BCUT2D eigenvalue weighted by atomic mass is 10.2. The van der Waals surface area contributed by atoms with Gasteiger partial charge in [0.1, 0.15) is 17.4 Å². The minimum absolute atomic E-state index is 0.0668. The van der Waals surface area contributed by atoms with E-state index in [1.54, 1.807) is 35.9 Å². The molecule has 2 aromatic heterocycles. The molecule has 0 aliphatic carbocycles. The molecule has 0 fully saturated rings. The summed E-state index contributed by atoms with van der Waals surface area (Å²) in [6.07, 6.45) is 0.134. The van der Waals surface area contributed by atoms with Gasteiger partial charge in [-0.1, -0.05) is 23.9 Å². The van der Waals surface area contributed by atoms with Crippen molar-refractivity contribution >= 4 is 17.7 Å². The monoisotopic (exact) mass is 496 g/mol. The molecule has 0 aliphatic rings. The summed E-state index contributed by atoms with van der Waals surface area (Å²) in [6, 6.07) is 14.3. The standard InChI is InChI=1S/C23H21FN6O4S/c1-34-18-8-6-17(7-9-18)30-19(10-16-11-20(31)27-22(33)26-16)28-29-23(30)35-13-21(32)25-12-14-2-4-15(24)5-3-14/h2-9,11H,10,12-13H2,1H3,(H,25,32)(H2,26,27,31,33). The molecule has 1 amide bonds. The molecule has 0 saturated heterocycles. The zero-order valence-corrected chi connectivity index (χ0v) is 19.4. The number of hydrogen-bond acceptors (Lipinski definition) is 7. The number of methoxy groups -OCH3 is 1. The first kappa shape index (κ1) is 24.0. The molecule has 2 aromatic carbocycles. The van der Waals surface area contributed by atoms with E-state index in [-0.39, 0.29) is 30.4 Å². The number of rotatable bonds is 9. The Kier molecular flexibility index (Phi) is 7.41. The number of aromatic nitrogens is 5. The minimum atomic E-state index is -0.615. The largest absolute Gasteiger partial charge is 0.497 e. The third-order valence-corrected chi connectivity index (χ3v) is 5.86. The van der Waals surface area contributed by atoms with Gasteiger partial charge in [-0.25, -0.2) is 9.18 Å². The van der Waals surface area contributed by atoms with Crippen LogP contribution in [0.15, 0.2) is 69.3 Å². The van der Waals surface area contributed by atoms with E-state index in [1.807, 2.05) is 12.1 Å². The summed E-state index contributed by atoms with van der Waals surface area (Å²) in [5, 5.41) is 11.7. The predicted molar refractivity (Wildman–Crippen MR) is 127 cm³/mol. The van der Waals surface area contributed by atoms with Crippen molar-refractivity contribution in [3.8, 4) is 11.4 Å². The maximum atomic E-state index is 13.0. The highest BCUT2D eigenvalue weighted by Gasteiger charge is 2.17. The van der Waals surface area contributed by atoms with Crippen molar-refractivity contribution < 1.29 is 13.9 Å². The fraction of sp³-hybridized carbons (Fsp3) is 0.174. The number of ether oxygens (including phenoxy) is 1. The lowest BCUT2D eigenvalue weighted by Gasteiger charge is -2.11. The molecule has 0 saturated carbocycles. The van der Waals surface area contributed by atoms with E-state index in [4.69, 9.17) is 4.74 Å². The Morgan fingerprint density at radius 1 is 1.09 bits per heavy atom. The van der Waals surface area contributed by atoms with Gasteiger partial charge in [0.2, 0.25) is 5.91 Å². The number of aromatic amines is 2. The first-order valence-electron chi connectivity index (χ1n) is 10.5. The second kappa shape index (κ2) is 10.8. The van der Waals surface area contributed by atoms with Crippen molar-refractivity contribution in [1.29, 1.82) is 0 Å². The highest BCUT2D eigenvalue weighted by atomic mass is 32.2. The summed E-state index contributed by atoms with van der Waals surface area (Å²) in [6.45, 7) is 0.270. The van der Waals surface area contributed by atoms with Gasteiger partial charge in [0, 0.05) is 30.4 Å². The third kappa shape index (κ3) is 6.23. The van der Waals surface area contributed by atoms with Crippen LogP contribution in [-0.2, 0) is 17.8 Å². The first-order chi connectivity index (χ1) is 16.9. The van der Waals surface area contributed by atoms with Crippen molar-refractivity contribution in [2.45, 2.75) is 18.1 Å². The summed E-state index contributed by atoms with van der Waals surface area (Å²) >= 11 is 1.18. The van der Waals surface area contributed by atoms with Crippen LogP contribution >= 0.6 is 11.8 Å². The highest BCUT2D eigenvalue weighted by molar-refractivity contribution is 7.99. The second-order valence-electron chi connectivity index (χ2n) is 7.41. The second-order valence-corrected chi connectivity index (χ2v) is 8.36. The number of H-pyrrole nitrogens is 2. The molecule has 3 N–H and O–H groups in total. The van der Waals surface area contributed by atoms with Crippen molar-refractivity contribution in [1.82, 2.24) is 30.0 Å². The lowest BCUT2D eigenvalue weighted by molar-refractivity contribution is -0.118. The van der Waals surface area contributed by atoms with Crippen molar-refractivity contribution in [2.75, 3.05) is 12.9 Å². The van der Waals surface area contributed by atoms with Gasteiger partial charge in [-0.3, -0.25) is 19.1 Å². The van der Waals surface area contributed by atoms with Crippen LogP contribution in [0, 0.1) is 5.82 Å². The van der Waals surface area contributed by atoms with E-state index in [0.717, 1.165) is 5.56 Å². The summed E-state index contributed by atoms with van der Waals surface area (Å²) in [5.41, 5.74) is 0.726. The van der Waals surface area contributed by atoms with Crippen molar-refractivity contribution in [3.63, 3.8) is 0 Å². The summed E-state index contributed by atoms with van der Waals surface area (Å²) in [7, 11) is 1.56. The van der Waals surface area contributed by atoms with E-state index < -0.39 is 11.2 Å². The van der Waals surface area contributed by atoms with Crippen LogP contribution < -0.4 is 21.3 Å². The molecule has 180 valence electrons. The number of hydrogen-bond donors (Lipinski definition) is 3. The number of halogens is 1. The normalized spacial score (nSPS) is 10.8. The Hall–Kier alpha value is -4.19. The molecule has 0 spiro atoms. The zero-order valence-electron chi connectivity index (χ0n) is 18.6. The molecule has 0 unspecified atom stereocenters. The lowest BCUT2D eigenvalue weighted by Crippen LogP contribution is -2.24. The molecule has 0 bridgehead atoms. The number of thioether (sulfide) groups is 1. The van der Waals surface area contributed by atoms with Gasteiger partial charge in [0.05, 0.1) is 12.9 Å². The number of carbonyl (C=O) groups is 1. The average Bonchev–Trinajstić information content (AvgIpc) is 3.24. The number of carbonyl (C=O) groups excluding carboxylic acids is 1. The van der Waals surface area contributed by atoms with E-state index in [0.29, 0.717) is 28.1 Å². The number of nitrogens with one attached hydrogen (secondary N) is 3. The zero-order chi connectivity index (χ0) is 24.8. The molecule has 2 heterocycles. The van der Waals surface area contributed by atoms with Gasteiger partial charge >= 0.3 is 5.69 Å². The maximum Gasteiger partial charge on any atom is 0.325 e. The van der Waals surface area contributed by atoms with Crippen LogP contribution in [0.5, 0.6) is 5.75 Å². The molecular weight excluding hydrogens is 475 g/mol. The minimum Gasteiger partial charge on any atom is -0.497 e. The Morgan fingerprint density at radius 3 is 2.51 bits per heavy atom. The van der Waals surface area contributed by atoms with E-state index in [1.165, 1.54) is 30.0 Å². The molecule has 4 rings (SSSR count). The summed E-state index contributed by atoms with van der Waals surface area (Å²) < 4.78 is 20.0. The maximum absolute atomic E-state index is 13.0. The molecule has 0 radical (unpaired) electrons. The molecule has 0 atom stereocenters. The molecule has 0 aliphatic heterocycles. The smallest absolute Gasteiger partial charge is 0.325 e. The first-order valence-corrected chi connectivity index (χ1v) is 11.4. The van der Waals surface area contributed by atoms with Crippen LogP contribution in [0.3, 0.4) is 0 Å². The molecule has 12 heteroatoms. The van der Waals surface area contributed by atoms with Crippen molar-refractivity contribution in [2.24, 2.45) is 0 Å². The Balaban J connectivity index is 1.53. The van der Waals surface area contributed by atoms with Gasteiger partial charge in [0.25, 0.3) is 5.56 Å². The van der Waals surface area contributed by atoms with E-state index in [2.05, 4.69) is 25.5 Å². The molecule has 10 nitrogen and oxygen atoms in total.